The SMILES string of the molecule is Cc1ccc(-c2ccccc2)cc1N(c1ccc2cc3c(cc2c1)oc1cc(-c2cccc4c2oc2ccccc24)c2oc4cc5cc(N(c6cc(-c7ccccc7)ccc6C)c6c(C)cccc6C)ccc5cc4c2c13)c1c(C)cccc1C. The molecule has 3 aromatic heterocycles. The molecule has 85 heavy (non-hydrogen) atoms. The summed E-state index contributed by atoms with van der Waals surface area (Å²) in [5.41, 5.74) is 25.3. The van der Waals surface area contributed by atoms with Crippen molar-refractivity contribution in [3.05, 3.63) is 276 Å². The summed E-state index contributed by atoms with van der Waals surface area (Å²) in [5, 5.41) is 10.6. The molecule has 16 aromatic rings. The van der Waals surface area contributed by atoms with E-state index in [1.165, 1.54) is 67.0 Å². The minimum atomic E-state index is 0.780. The Hall–Kier alpha value is -10.6. The van der Waals surface area contributed by atoms with Gasteiger partial charge in [0, 0.05) is 66.2 Å². The first-order valence-corrected chi connectivity index (χ1v) is 29.3. The van der Waals surface area contributed by atoms with Crippen molar-refractivity contribution in [1.29, 1.82) is 0 Å². The lowest BCUT2D eigenvalue weighted by Gasteiger charge is -2.30. The average Bonchev–Trinajstić information content (AvgIpc) is 1.74. The van der Waals surface area contributed by atoms with Crippen LogP contribution in [0.25, 0.3) is 121 Å². The van der Waals surface area contributed by atoms with Crippen molar-refractivity contribution in [2.24, 2.45) is 0 Å². The molecule has 16 rings (SSSR count). The molecule has 0 spiro atoms. The number of benzene rings is 13. The van der Waals surface area contributed by atoms with Crippen LogP contribution in [-0.4, -0.2) is 0 Å². The summed E-state index contributed by atoms with van der Waals surface area (Å²) in [6, 6.07) is 87.8. The van der Waals surface area contributed by atoms with Crippen LogP contribution in [0.1, 0.15) is 33.4 Å². The fraction of sp³-hybridized carbons (Fsp3) is 0.0750. The van der Waals surface area contributed by atoms with Gasteiger partial charge in [-0.05, 0) is 192 Å². The zero-order valence-electron chi connectivity index (χ0n) is 48.2. The molecule has 0 radical (unpaired) electrons. The molecule has 0 atom stereocenters. The van der Waals surface area contributed by atoms with E-state index in [2.05, 4.69) is 282 Å². The first-order valence-electron chi connectivity index (χ1n) is 29.3. The standard InChI is InChI=1S/C80H58N2O3/c1-47-30-32-57(53-22-9-7-10-23-53)42-69(47)81(77-49(3)18-15-19-50(77)4)61-36-34-55-40-67-72(44-59(55)38-61)83-74-46-66(65-28-17-27-64-63-26-13-14-29-71(63)84-79(64)65)80-76(75(67)74)68-41-56-35-37-62(39-60(56)45-73(68)85-80)82(78-51(5)20-16-21-52(78)6)70-43-58(33-31-48(70)2)54-24-11-8-12-25-54/h7-46H,1-6H3. The number of aryl methyl sites for hydroxylation is 6. The van der Waals surface area contributed by atoms with Crippen LogP contribution < -0.4 is 9.80 Å². The van der Waals surface area contributed by atoms with Gasteiger partial charge in [-0.2, -0.15) is 0 Å². The topological polar surface area (TPSA) is 45.9 Å². The van der Waals surface area contributed by atoms with Crippen LogP contribution in [0.5, 0.6) is 0 Å². The number of rotatable bonds is 9. The molecule has 3 heterocycles. The highest BCUT2D eigenvalue weighted by atomic mass is 16.3. The summed E-state index contributed by atoms with van der Waals surface area (Å²) in [4.78, 5) is 4.89. The van der Waals surface area contributed by atoms with Crippen LogP contribution in [0.3, 0.4) is 0 Å². The Morgan fingerprint density at radius 3 is 1.31 bits per heavy atom. The Labute approximate surface area is 492 Å². The normalized spacial score (nSPS) is 11.9. The number of fused-ring (bicyclic) bond motifs is 12. The molecule has 13 aromatic carbocycles. The molecule has 0 aliphatic heterocycles. The smallest absolute Gasteiger partial charge is 0.144 e. The minimum absolute atomic E-state index is 0.780. The summed E-state index contributed by atoms with van der Waals surface area (Å²) < 4.78 is 21.3. The van der Waals surface area contributed by atoms with Gasteiger partial charge in [-0.25, -0.2) is 0 Å². The third-order valence-corrected chi connectivity index (χ3v) is 17.7. The fourth-order valence-corrected chi connectivity index (χ4v) is 13.5. The quantitative estimate of drug-likeness (QED) is 0.144. The summed E-state index contributed by atoms with van der Waals surface area (Å²) in [7, 11) is 0. The number of nitrogens with zero attached hydrogens (tertiary/aromatic N) is 2. The minimum Gasteiger partial charge on any atom is -0.456 e. The largest absolute Gasteiger partial charge is 0.456 e. The Morgan fingerprint density at radius 2 is 0.741 bits per heavy atom. The van der Waals surface area contributed by atoms with Crippen molar-refractivity contribution in [2.75, 3.05) is 9.80 Å². The first-order chi connectivity index (χ1) is 41.6. The Bertz CT molecular complexity index is 5350. The summed E-state index contributed by atoms with van der Waals surface area (Å²) in [6.07, 6.45) is 0. The van der Waals surface area contributed by atoms with Crippen molar-refractivity contribution in [1.82, 2.24) is 0 Å². The highest BCUT2D eigenvalue weighted by molar-refractivity contribution is 6.31. The fourth-order valence-electron chi connectivity index (χ4n) is 13.5. The van der Waals surface area contributed by atoms with E-state index in [0.717, 1.165) is 121 Å². The Balaban J connectivity index is 0.913. The van der Waals surface area contributed by atoms with E-state index in [4.69, 9.17) is 13.3 Å². The molecule has 0 aliphatic rings. The van der Waals surface area contributed by atoms with E-state index >= 15 is 0 Å². The van der Waals surface area contributed by atoms with E-state index in [-0.39, 0.29) is 0 Å². The van der Waals surface area contributed by atoms with Gasteiger partial charge >= 0.3 is 0 Å². The number of para-hydroxylation sites is 4. The van der Waals surface area contributed by atoms with Crippen LogP contribution in [0.2, 0.25) is 0 Å². The van der Waals surface area contributed by atoms with Crippen molar-refractivity contribution in [3.8, 4) is 33.4 Å². The number of hydrogen-bond donors (Lipinski definition) is 0. The number of anilines is 6. The van der Waals surface area contributed by atoms with Crippen LogP contribution >= 0.6 is 0 Å². The molecule has 0 N–H and O–H groups in total. The lowest BCUT2D eigenvalue weighted by molar-refractivity contribution is 0.662. The van der Waals surface area contributed by atoms with Gasteiger partial charge in [0.05, 0.1) is 11.4 Å². The Kier molecular flexibility index (Phi) is 11.5. The van der Waals surface area contributed by atoms with Crippen molar-refractivity contribution < 1.29 is 13.3 Å². The molecular weight excluding hydrogens is 1040 g/mol. The van der Waals surface area contributed by atoms with Gasteiger partial charge in [-0.15, -0.1) is 0 Å². The molecule has 0 fully saturated rings. The van der Waals surface area contributed by atoms with Gasteiger partial charge in [0.25, 0.3) is 0 Å². The third-order valence-electron chi connectivity index (χ3n) is 17.7. The molecule has 0 aliphatic carbocycles. The summed E-state index contributed by atoms with van der Waals surface area (Å²) in [5.74, 6) is 0. The van der Waals surface area contributed by atoms with E-state index in [0.29, 0.717) is 0 Å². The monoisotopic (exact) mass is 1090 g/mol. The second-order valence-corrected chi connectivity index (χ2v) is 23.1. The summed E-state index contributed by atoms with van der Waals surface area (Å²) in [6.45, 7) is 13.3. The zero-order valence-corrected chi connectivity index (χ0v) is 48.2. The third kappa shape index (κ3) is 8.14. The van der Waals surface area contributed by atoms with Crippen molar-refractivity contribution in [3.63, 3.8) is 0 Å². The zero-order chi connectivity index (χ0) is 57.2. The molecule has 0 unspecified atom stereocenters. The first kappa shape index (κ1) is 50.1. The van der Waals surface area contributed by atoms with Gasteiger partial charge in [-0.3, -0.25) is 0 Å². The summed E-state index contributed by atoms with van der Waals surface area (Å²) >= 11 is 0. The van der Waals surface area contributed by atoms with Crippen LogP contribution in [0.4, 0.5) is 34.1 Å². The lowest BCUT2D eigenvalue weighted by Crippen LogP contribution is -2.14. The molecule has 5 nitrogen and oxygen atoms in total. The number of hydrogen-bond acceptors (Lipinski definition) is 5. The lowest BCUT2D eigenvalue weighted by atomic mass is 9.95. The maximum Gasteiger partial charge on any atom is 0.144 e. The molecule has 0 amide bonds. The van der Waals surface area contributed by atoms with E-state index in [1.54, 1.807) is 0 Å². The predicted molar refractivity (Wildman–Crippen MR) is 357 cm³/mol. The van der Waals surface area contributed by atoms with Crippen LogP contribution in [0, 0.1) is 41.5 Å². The van der Waals surface area contributed by atoms with Crippen molar-refractivity contribution >= 4 is 121 Å². The molecule has 0 bridgehead atoms. The number of furan rings is 3. The van der Waals surface area contributed by atoms with Crippen LogP contribution in [0.15, 0.2) is 256 Å². The molecule has 0 saturated heterocycles. The molecule has 0 saturated carbocycles. The Morgan fingerprint density at radius 1 is 0.259 bits per heavy atom. The maximum absolute atomic E-state index is 7.36. The van der Waals surface area contributed by atoms with E-state index in [9.17, 15) is 0 Å². The van der Waals surface area contributed by atoms with Gasteiger partial charge < -0.3 is 23.1 Å². The second-order valence-electron chi connectivity index (χ2n) is 23.1. The highest BCUT2D eigenvalue weighted by Gasteiger charge is 2.27. The van der Waals surface area contributed by atoms with E-state index < -0.39 is 0 Å². The highest BCUT2D eigenvalue weighted by Crippen LogP contribution is 2.50. The van der Waals surface area contributed by atoms with Gasteiger partial charge in [0.15, 0.2) is 0 Å². The molecule has 406 valence electrons. The van der Waals surface area contributed by atoms with Gasteiger partial charge in [0.1, 0.15) is 33.5 Å². The average molecular weight is 1100 g/mol. The maximum atomic E-state index is 7.36. The predicted octanol–water partition coefficient (Wildman–Crippen LogP) is 23.5. The van der Waals surface area contributed by atoms with Gasteiger partial charge in [-0.1, -0.05) is 170 Å². The van der Waals surface area contributed by atoms with Gasteiger partial charge in [0.2, 0.25) is 0 Å². The van der Waals surface area contributed by atoms with E-state index in [1.807, 2.05) is 12.1 Å². The molecular formula is C80H58N2O3. The van der Waals surface area contributed by atoms with Crippen molar-refractivity contribution in [2.45, 2.75) is 41.5 Å². The van der Waals surface area contributed by atoms with Crippen LogP contribution in [-0.2, 0) is 0 Å². The molecule has 5 heteroatoms. The second kappa shape index (κ2) is 19.5.